The van der Waals surface area contributed by atoms with E-state index < -0.39 is 0 Å². The van der Waals surface area contributed by atoms with Crippen LogP contribution in [0.3, 0.4) is 0 Å². The van der Waals surface area contributed by atoms with Gasteiger partial charge in [0.15, 0.2) is 0 Å². The molecular formula is C20H28N2O2. The van der Waals surface area contributed by atoms with Gasteiger partial charge < -0.3 is 15.3 Å². The number of urea groups is 1. The van der Waals surface area contributed by atoms with Gasteiger partial charge in [0.05, 0.1) is 6.61 Å². The Kier molecular flexibility index (Phi) is 4.49. The van der Waals surface area contributed by atoms with Gasteiger partial charge in [-0.2, -0.15) is 0 Å². The van der Waals surface area contributed by atoms with E-state index in [1.165, 1.54) is 32.1 Å². The van der Waals surface area contributed by atoms with Crippen LogP contribution in [0, 0.1) is 23.7 Å². The van der Waals surface area contributed by atoms with E-state index in [0.29, 0.717) is 31.0 Å². The molecule has 24 heavy (non-hydrogen) atoms. The van der Waals surface area contributed by atoms with Crippen molar-refractivity contribution in [3.8, 4) is 0 Å². The second-order valence-electron chi connectivity index (χ2n) is 8.04. The first kappa shape index (κ1) is 15.9. The number of amides is 2. The van der Waals surface area contributed by atoms with Gasteiger partial charge in [0.25, 0.3) is 0 Å². The maximum atomic E-state index is 12.8. The fraction of sp³-hybridized carbons (Fsp3) is 0.650. The summed E-state index contributed by atoms with van der Waals surface area (Å²) in [6, 6.07) is 10.4. The van der Waals surface area contributed by atoms with Crippen molar-refractivity contribution in [2.75, 3.05) is 13.2 Å². The monoisotopic (exact) mass is 328 g/mol. The lowest BCUT2D eigenvalue weighted by molar-refractivity contribution is -0.0113. The number of carbonyl (C=O) groups excluding carboxylic acids is 1. The van der Waals surface area contributed by atoms with Crippen LogP contribution in [0.25, 0.3) is 0 Å². The van der Waals surface area contributed by atoms with Crippen LogP contribution < -0.4 is 5.32 Å². The van der Waals surface area contributed by atoms with Crippen LogP contribution in [0.5, 0.6) is 0 Å². The third-order valence-corrected chi connectivity index (χ3v) is 6.39. The minimum absolute atomic E-state index is 0.00191. The predicted octanol–water partition coefficient (Wildman–Crippen LogP) is 3.02. The minimum atomic E-state index is -0.00891. The maximum absolute atomic E-state index is 12.8. The lowest BCUT2D eigenvalue weighted by Crippen LogP contribution is -2.58. The van der Waals surface area contributed by atoms with Gasteiger partial charge in [-0.1, -0.05) is 30.3 Å². The van der Waals surface area contributed by atoms with E-state index in [-0.39, 0.29) is 12.6 Å². The summed E-state index contributed by atoms with van der Waals surface area (Å²) in [4.78, 5) is 14.6. The van der Waals surface area contributed by atoms with Gasteiger partial charge in [-0.15, -0.1) is 0 Å². The summed E-state index contributed by atoms with van der Waals surface area (Å²) in [6.07, 6.45) is 6.64. The molecule has 0 radical (unpaired) electrons. The molecule has 1 aromatic carbocycles. The van der Waals surface area contributed by atoms with Gasteiger partial charge in [-0.05, 0) is 61.3 Å². The highest BCUT2D eigenvalue weighted by molar-refractivity contribution is 5.74. The van der Waals surface area contributed by atoms with Crippen LogP contribution >= 0.6 is 0 Å². The largest absolute Gasteiger partial charge is 0.395 e. The van der Waals surface area contributed by atoms with E-state index in [1.807, 2.05) is 30.3 Å². The molecule has 4 aliphatic rings. The highest BCUT2D eigenvalue weighted by Crippen LogP contribution is 2.53. The summed E-state index contributed by atoms with van der Waals surface area (Å²) in [6.45, 7) is 0.941. The van der Waals surface area contributed by atoms with E-state index in [1.54, 1.807) is 4.90 Å². The number of carbonyl (C=O) groups is 1. The van der Waals surface area contributed by atoms with E-state index >= 15 is 0 Å². The maximum Gasteiger partial charge on any atom is 0.318 e. The van der Waals surface area contributed by atoms with E-state index in [0.717, 1.165) is 17.4 Å². The molecule has 4 saturated carbocycles. The molecule has 0 saturated heterocycles. The molecular weight excluding hydrogens is 300 g/mol. The van der Waals surface area contributed by atoms with E-state index in [4.69, 9.17) is 0 Å². The van der Waals surface area contributed by atoms with Gasteiger partial charge in [0.1, 0.15) is 0 Å². The van der Waals surface area contributed by atoms with Crippen LogP contribution in [-0.2, 0) is 6.54 Å². The molecule has 5 rings (SSSR count). The van der Waals surface area contributed by atoms with Crippen LogP contribution in [-0.4, -0.2) is 35.2 Å². The summed E-state index contributed by atoms with van der Waals surface area (Å²) in [5.74, 6) is 3.19. The number of aliphatic hydroxyl groups is 1. The highest BCUT2D eigenvalue weighted by Gasteiger charge is 2.48. The quantitative estimate of drug-likeness (QED) is 0.873. The Labute approximate surface area is 144 Å². The van der Waals surface area contributed by atoms with Crippen LogP contribution in [0.15, 0.2) is 30.3 Å². The van der Waals surface area contributed by atoms with Crippen molar-refractivity contribution >= 4 is 6.03 Å². The number of hydrogen-bond donors (Lipinski definition) is 2. The SMILES string of the molecule is O=C(NC1C2CC3CC(C2)CC1C3)N(CCO)Cc1ccccc1. The first-order chi connectivity index (χ1) is 11.7. The molecule has 2 N–H and O–H groups in total. The van der Waals surface area contributed by atoms with Gasteiger partial charge in [-0.3, -0.25) is 0 Å². The van der Waals surface area contributed by atoms with Gasteiger partial charge in [0, 0.05) is 19.1 Å². The fourth-order valence-electron chi connectivity index (χ4n) is 5.57. The first-order valence-electron chi connectivity index (χ1n) is 9.43. The van der Waals surface area contributed by atoms with E-state index in [2.05, 4.69) is 5.32 Å². The molecule has 4 fully saturated rings. The average Bonchev–Trinajstić information content (AvgIpc) is 2.58. The Morgan fingerprint density at radius 3 is 2.25 bits per heavy atom. The molecule has 0 aliphatic heterocycles. The van der Waals surface area contributed by atoms with Crippen molar-refractivity contribution in [3.05, 3.63) is 35.9 Å². The smallest absolute Gasteiger partial charge is 0.318 e. The summed E-state index contributed by atoms with van der Waals surface area (Å²) >= 11 is 0. The Hall–Kier alpha value is -1.55. The molecule has 0 unspecified atom stereocenters. The Balaban J connectivity index is 1.41. The third kappa shape index (κ3) is 3.16. The number of aliphatic hydroxyl groups excluding tert-OH is 1. The fourth-order valence-corrected chi connectivity index (χ4v) is 5.57. The zero-order valence-corrected chi connectivity index (χ0v) is 14.2. The standard InChI is InChI=1S/C20H28N2O2/c23-7-6-22(13-14-4-2-1-3-5-14)20(24)21-19-17-9-15-8-16(11-17)12-18(19)10-15/h1-5,15-19,23H,6-13H2,(H,21,24). The third-order valence-electron chi connectivity index (χ3n) is 6.39. The molecule has 130 valence electrons. The lowest BCUT2D eigenvalue weighted by Gasteiger charge is -2.54. The minimum Gasteiger partial charge on any atom is -0.395 e. The molecule has 0 atom stereocenters. The van der Waals surface area contributed by atoms with Crippen molar-refractivity contribution in [3.63, 3.8) is 0 Å². The topological polar surface area (TPSA) is 52.6 Å². The van der Waals surface area contributed by atoms with Crippen molar-refractivity contribution in [1.29, 1.82) is 0 Å². The van der Waals surface area contributed by atoms with Gasteiger partial charge in [0.2, 0.25) is 0 Å². The van der Waals surface area contributed by atoms with Gasteiger partial charge >= 0.3 is 6.03 Å². The predicted molar refractivity (Wildman–Crippen MR) is 93.3 cm³/mol. The number of benzene rings is 1. The number of nitrogens with zero attached hydrogens (tertiary/aromatic N) is 1. The van der Waals surface area contributed by atoms with Crippen LogP contribution in [0.1, 0.15) is 37.7 Å². The van der Waals surface area contributed by atoms with Gasteiger partial charge in [-0.25, -0.2) is 4.79 Å². The summed E-state index contributed by atoms with van der Waals surface area (Å²) in [7, 11) is 0. The highest BCUT2D eigenvalue weighted by atomic mass is 16.3. The molecule has 4 nitrogen and oxygen atoms in total. The molecule has 0 heterocycles. The van der Waals surface area contributed by atoms with Crippen LogP contribution in [0.2, 0.25) is 0 Å². The first-order valence-corrected chi connectivity index (χ1v) is 9.43. The summed E-state index contributed by atoms with van der Waals surface area (Å²) in [5, 5.41) is 12.7. The Morgan fingerprint density at radius 2 is 1.67 bits per heavy atom. The summed E-state index contributed by atoms with van der Waals surface area (Å²) in [5.41, 5.74) is 1.10. The Morgan fingerprint density at radius 1 is 1.04 bits per heavy atom. The number of hydrogen-bond acceptors (Lipinski definition) is 2. The zero-order valence-electron chi connectivity index (χ0n) is 14.2. The van der Waals surface area contributed by atoms with Crippen molar-refractivity contribution in [2.45, 2.75) is 44.7 Å². The molecule has 0 spiro atoms. The molecule has 2 amide bonds. The second kappa shape index (κ2) is 6.75. The van der Waals surface area contributed by atoms with Crippen LogP contribution in [0.4, 0.5) is 4.79 Å². The lowest BCUT2D eigenvalue weighted by atomic mass is 9.54. The molecule has 1 aromatic rings. The normalized spacial score (nSPS) is 33.5. The van der Waals surface area contributed by atoms with E-state index in [9.17, 15) is 9.90 Å². The zero-order chi connectivity index (χ0) is 16.5. The Bertz CT molecular complexity index is 546. The second-order valence-corrected chi connectivity index (χ2v) is 8.04. The molecule has 0 aromatic heterocycles. The van der Waals surface area contributed by atoms with Crippen molar-refractivity contribution in [2.24, 2.45) is 23.7 Å². The van der Waals surface area contributed by atoms with Crippen molar-refractivity contribution in [1.82, 2.24) is 10.2 Å². The molecule has 4 heteroatoms. The molecule has 4 aliphatic carbocycles. The average molecular weight is 328 g/mol. The van der Waals surface area contributed by atoms with Crippen molar-refractivity contribution < 1.29 is 9.90 Å². The summed E-state index contributed by atoms with van der Waals surface area (Å²) < 4.78 is 0. The number of nitrogens with one attached hydrogen (secondary N) is 1. The molecule has 4 bridgehead atoms. The number of rotatable bonds is 5.